The Labute approximate surface area is 123 Å². The Hall–Kier alpha value is -1.02. The van der Waals surface area contributed by atoms with Gasteiger partial charge < -0.3 is 10.2 Å². The minimum Gasteiger partial charge on any atom is -0.370 e. The lowest BCUT2D eigenvalue weighted by Gasteiger charge is -2.33. The largest absolute Gasteiger partial charge is 0.370 e. The number of para-hydroxylation sites is 1. The van der Waals surface area contributed by atoms with E-state index in [1.165, 1.54) is 56.3 Å². The van der Waals surface area contributed by atoms with Gasteiger partial charge in [-0.1, -0.05) is 38.0 Å². The van der Waals surface area contributed by atoms with E-state index in [1.807, 2.05) is 0 Å². The van der Waals surface area contributed by atoms with Crippen LogP contribution < -0.4 is 10.2 Å². The van der Waals surface area contributed by atoms with Crippen molar-refractivity contribution in [3.05, 3.63) is 29.8 Å². The van der Waals surface area contributed by atoms with Crippen molar-refractivity contribution in [2.45, 2.75) is 51.5 Å². The van der Waals surface area contributed by atoms with Crippen LogP contribution in [0.3, 0.4) is 0 Å². The molecule has 110 valence electrons. The van der Waals surface area contributed by atoms with E-state index in [0.717, 1.165) is 25.0 Å². The van der Waals surface area contributed by atoms with Crippen LogP contribution in [-0.2, 0) is 6.42 Å². The lowest BCUT2D eigenvalue weighted by molar-refractivity contribution is 0.303. The van der Waals surface area contributed by atoms with Crippen LogP contribution in [0.2, 0.25) is 0 Å². The predicted molar refractivity (Wildman–Crippen MR) is 86.4 cm³/mol. The Kier molecular flexibility index (Phi) is 4.62. The van der Waals surface area contributed by atoms with Gasteiger partial charge >= 0.3 is 0 Å². The Morgan fingerprint density at radius 3 is 3.00 bits per heavy atom. The quantitative estimate of drug-likeness (QED) is 0.901. The van der Waals surface area contributed by atoms with Crippen molar-refractivity contribution >= 4 is 5.69 Å². The summed E-state index contributed by atoms with van der Waals surface area (Å²) in [6.07, 6.45) is 8.14. The molecule has 2 atom stereocenters. The summed E-state index contributed by atoms with van der Waals surface area (Å²) in [6, 6.07) is 9.69. The molecule has 1 aromatic rings. The number of nitrogens with one attached hydrogen (secondary N) is 1. The van der Waals surface area contributed by atoms with Gasteiger partial charge in [0.05, 0.1) is 0 Å². The van der Waals surface area contributed by atoms with Gasteiger partial charge in [-0.25, -0.2) is 0 Å². The third-order valence-corrected chi connectivity index (χ3v) is 4.96. The third-order valence-electron chi connectivity index (χ3n) is 4.96. The number of anilines is 1. The van der Waals surface area contributed by atoms with Gasteiger partial charge in [0.25, 0.3) is 0 Å². The Morgan fingerprint density at radius 2 is 2.10 bits per heavy atom. The van der Waals surface area contributed by atoms with Crippen LogP contribution in [0.5, 0.6) is 0 Å². The van der Waals surface area contributed by atoms with Crippen molar-refractivity contribution in [2.24, 2.45) is 5.92 Å². The van der Waals surface area contributed by atoms with Crippen LogP contribution in [0.1, 0.15) is 44.6 Å². The van der Waals surface area contributed by atoms with Gasteiger partial charge in [0, 0.05) is 31.4 Å². The van der Waals surface area contributed by atoms with E-state index in [1.54, 1.807) is 0 Å². The van der Waals surface area contributed by atoms with Gasteiger partial charge in [-0.3, -0.25) is 0 Å². The van der Waals surface area contributed by atoms with Gasteiger partial charge in [0.1, 0.15) is 0 Å². The van der Waals surface area contributed by atoms with Crippen LogP contribution in [0.4, 0.5) is 5.69 Å². The van der Waals surface area contributed by atoms with Crippen LogP contribution >= 0.6 is 0 Å². The van der Waals surface area contributed by atoms with E-state index in [-0.39, 0.29) is 0 Å². The van der Waals surface area contributed by atoms with Crippen molar-refractivity contribution in [1.29, 1.82) is 0 Å². The molecule has 0 radical (unpaired) electrons. The summed E-state index contributed by atoms with van der Waals surface area (Å²) in [6.45, 7) is 5.90. The van der Waals surface area contributed by atoms with Gasteiger partial charge in [-0.15, -0.1) is 0 Å². The molecule has 2 aliphatic rings. The third kappa shape index (κ3) is 3.35. The van der Waals surface area contributed by atoms with Gasteiger partial charge in [0.2, 0.25) is 0 Å². The van der Waals surface area contributed by atoms with Gasteiger partial charge in [0.15, 0.2) is 0 Å². The summed E-state index contributed by atoms with van der Waals surface area (Å²) >= 11 is 0. The first kappa shape index (κ1) is 13.9. The molecule has 0 aromatic heterocycles. The van der Waals surface area contributed by atoms with E-state index >= 15 is 0 Å². The van der Waals surface area contributed by atoms with E-state index in [0.29, 0.717) is 0 Å². The Bertz CT molecular complexity index is 429. The van der Waals surface area contributed by atoms with Crippen LogP contribution in [-0.4, -0.2) is 25.7 Å². The van der Waals surface area contributed by atoms with Crippen LogP contribution in [0, 0.1) is 5.92 Å². The topological polar surface area (TPSA) is 15.3 Å². The van der Waals surface area contributed by atoms with Crippen LogP contribution in [0.25, 0.3) is 0 Å². The zero-order valence-corrected chi connectivity index (χ0v) is 12.8. The SMILES string of the molecule is CC1CCCC(NCCN2CCCc3ccccc32)C1. The van der Waals surface area contributed by atoms with E-state index in [9.17, 15) is 0 Å². The van der Waals surface area contributed by atoms with Crippen molar-refractivity contribution in [1.82, 2.24) is 5.32 Å². The first-order valence-electron chi connectivity index (χ1n) is 8.39. The average molecular weight is 272 g/mol. The maximum atomic E-state index is 3.79. The van der Waals surface area contributed by atoms with Gasteiger partial charge in [-0.05, 0) is 43.2 Å². The maximum Gasteiger partial charge on any atom is 0.0399 e. The van der Waals surface area contributed by atoms with Crippen molar-refractivity contribution < 1.29 is 0 Å². The molecule has 2 heteroatoms. The molecule has 1 aromatic carbocycles. The minimum atomic E-state index is 0.763. The molecule has 2 unspecified atom stereocenters. The summed E-state index contributed by atoms with van der Waals surface area (Å²) in [5.41, 5.74) is 3.00. The highest BCUT2D eigenvalue weighted by molar-refractivity contribution is 5.55. The second-order valence-corrected chi connectivity index (χ2v) is 6.64. The molecule has 2 nitrogen and oxygen atoms in total. The summed E-state index contributed by atoms with van der Waals surface area (Å²) in [5.74, 6) is 0.914. The molecular weight excluding hydrogens is 244 g/mol. The fourth-order valence-corrected chi connectivity index (χ4v) is 3.87. The molecule has 1 aliphatic heterocycles. The predicted octanol–water partition coefficient (Wildman–Crippen LogP) is 3.61. The molecule has 1 aliphatic carbocycles. The van der Waals surface area contributed by atoms with E-state index < -0.39 is 0 Å². The lowest BCUT2D eigenvalue weighted by Crippen LogP contribution is -2.40. The van der Waals surface area contributed by atoms with Crippen molar-refractivity contribution in [2.75, 3.05) is 24.5 Å². The monoisotopic (exact) mass is 272 g/mol. The van der Waals surface area contributed by atoms with E-state index in [2.05, 4.69) is 41.4 Å². The highest BCUT2D eigenvalue weighted by atomic mass is 15.2. The zero-order chi connectivity index (χ0) is 13.8. The number of hydrogen-bond acceptors (Lipinski definition) is 2. The number of rotatable bonds is 4. The summed E-state index contributed by atoms with van der Waals surface area (Å²) in [7, 11) is 0. The highest BCUT2D eigenvalue weighted by Gasteiger charge is 2.19. The molecule has 1 saturated carbocycles. The number of nitrogens with zero attached hydrogens (tertiary/aromatic N) is 1. The number of aryl methyl sites for hydroxylation is 1. The Morgan fingerprint density at radius 1 is 1.20 bits per heavy atom. The highest BCUT2D eigenvalue weighted by Crippen LogP contribution is 2.26. The number of benzene rings is 1. The first-order valence-corrected chi connectivity index (χ1v) is 8.39. The van der Waals surface area contributed by atoms with Crippen LogP contribution in [0.15, 0.2) is 24.3 Å². The zero-order valence-electron chi connectivity index (χ0n) is 12.8. The molecule has 3 rings (SSSR count). The molecule has 20 heavy (non-hydrogen) atoms. The standard InChI is InChI=1S/C18H28N2/c1-15-6-4-9-17(14-15)19-11-13-20-12-5-8-16-7-2-3-10-18(16)20/h2-3,7,10,15,17,19H,4-6,8-9,11-14H2,1H3. The summed E-state index contributed by atoms with van der Waals surface area (Å²) in [5, 5.41) is 3.79. The lowest BCUT2D eigenvalue weighted by atomic mass is 9.87. The second kappa shape index (κ2) is 6.62. The smallest absolute Gasteiger partial charge is 0.0399 e. The van der Waals surface area contributed by atoms with E-state index in [4.69, 9.17) is 0 Å². The molecular formula is C18H28N2. The van der Waals surface area contributed by atoms with Gasteiger partial charge in [-0.2, -0.15) is 0 Å². The maximum absolute atomic E-state index is 3.79. The molecule has 1 fully saturated rings. The van der Waals surface area contributed by atoms with Crippen molar-refractivity contribution in [3.63, 3.8) is 0 Å². The molecule has 1 N–H and O–H groups in total. The first-order chi connectivity index (χ1) is 9.83. The summed E-state index contributed by atoms with van der Waals surface area (Å²) < 4.78 is 0. The number of hydrogen-bond donors (Lipinski definition) is 1. The normalized spacial score (nSPS) is 26.4. The molecule has 1 heterocycles. The summed E-state index contributed by atoms with van der Waals surface area (Å²) in [4.78, 5) is 2.57. The number of fused-ring (bicyclic) bond motifs is 1. The molecule has 0 amide bonds. The second-order valence-electron chi connectivity index (χ2n) is 6.64. The minimum absolute atomic E-state index is 0.763. The van der Waals surface area contributed by atoms with Crippen molar-refractivity contribution in [3.8, 4) is 0 Å². The fourth-order valence-electron chi connectivity index (χ4n) is 3.87. The Balaban J connectivity index is 1.49. The fraction of sp³-hybridized carbons (Fsp3) is 0.667. The average Bonchev–Trinajstić information content (AvgIpc) is 2.48. The molecule has 0 bridgehead atoms. The molecule has 0 saturated heterocycles. The molecule has 0 spiro atoms.